The van der Waals surface area contributed by atoms with E-state index >= 15 is 0 Å². The molecule has 7 nitrogen and oxygen atoms in total. The van der Waals surface area contributed by atoms with Crippen molar-refractivity contribution in [3.05, 3.63) is 58.7 Å². The molecule has 2 unspecified atom stereocenters. The Bertz CT molecular complexity index is 1050. The van der Waals surface area contributed by atoms with Crippen LogP contribution in [0, 0.1) is 0 Å². The van der Waals surface area contributed by atoms with Crippen LogP contribution in [0.3, 0.4) is 0 Å². The number of nitrogens with zero attached hydrogens (tertiary/aromatic N) is 2. The van der Waals surface area contributed by atoms with E-state index in [1.54, 1.807) is 24.3 Å². The molecule has 0 amide bonds. The molecular formula is C32H43N3O4. The Morgan fingerprint density at radius 2 is 1.03 bits per heavy atom. The molecule has 2 atom stereocenters. The van der Waals surface area contributed by atoms with Crippen molar-refractivity contribution in [3.8, 4) is 11.5 Å². The van der Waals surface area contributed by atoms with Gasteiger partial charge in [-0.2, -0.15) is 0 Å². The third-order valence-electron chi connectivity index (χ3n) is 8.19. The van der Waals surface area contributed by atoms with Crippen molar-refractivity contribution in [1.82, 2.24) is 15.1 Å². The molecule has 0 aromatic heterocycles. The summed E-state index contributed by atoms with van der Waals surface area (Å²) in [6.07, 6.45) is 8.71. The van der Waals surface area contributed by atoms with Crippen LogP contribution in [0.4, 0.5) is 0 Å². The van der Waals surface area contributed by atoms with E-state index in [0.717, 1.165) is 90.9 Å². The molecular weight excluding hydrogens is 490 g/mol. The topological polar surface area (TPSA) is 71.1 Å². The largest absolute Gasteiger partial charge is 0.493 e. The lowest BCUT2D eigenvalue weighted by Crippen LogP contribution is -2.37. The number of hydrogen-bond donors (Lipinski definition) is 1. The van der Waals surface area contributed by atoms with Crippen LogP contribution in [0.15, 0.2) is 36.4 Å². The standard InChI is InChI=1S/C32H43N3O4/c36-31-25-11-9-13-27-29(25)32(37)30-26(31)12-10-14-28(30)39-24-8-4-2-6-18-35-20-16-33-15-19-34(21-22-35)17-5-1-3-7-23-38-27/h9-14,33H,1-8,15-24H2. The molecule has 3 aliphatic rings. The number of fused-ring (bicyclic) bond motifs is 3. The van der Waals surface area contributed by atoms with Gasteiger partial charge in [-0.25, -0.2) is 0 Å². The first-order chi connectivity index (χ1) is 19.2. The molecule has 2 aliphatic heterocycles. The smallest absolute Gasteiger partial charge is 0.201 e. The predicted octanol–water partition coefficient (Wildman–Crippen LogP) is 4.56. The number of carbonyl (C=O) groups is 2. The van der Waals surface area contributed by atoms with Crippen molar-refractivity contribution in [2.45, 2.75) is 51.4 Å². The fourth-order valence-electron chi connectivity index (χ4n) is 5.92. The van der Waals surface area contributed by atoms with Crippen molar-refractivity contribution in [3.63, 3.8) is 0 Å². The third kappa shape index (κ3) is 7.07. The van der Waals surface area contributed by atoms with Crippen molar-refractivity contribution in [2.24, 2.45) is 0 Å². The molecule has 0 saturated carbocycles. The molecule has 4 bridgehead atoms. The van der Waals surface area contributed by atoms with Gasteiger partial charge >= 0.3 is 0 Å². The Hall–Kier alpha value is -2.74. The highest BCUT2D eigenvalue weighted by atomic mass is 16.5. The summed E-state index contributed by atoms with van der Waals surface area (Å²) >= 11 is 0. The van der Waals surface area contributed by atoms with E-state index in [1.165, 1.54) is 12.8 Å². The van der Waals surface area contributed by atoms with Gasteiger partial charge in [0.15, 0.2) is 5.78 Å². The molecule has 1 fully saturated rings. The molecule has 1 saturated heterocycles. The van der Waals surface area contributed by atoms with Crippen LogP contribution in [-0.4, -0.2) is 86.9 Å². The Balaban J connectivity index is 1.30. The van der Waals surface area contributed by atoms with Crippen molar-refractivity contribution < 1.29 is 19.1 Å². The molecule has 39 heavy (non-hydrogen) atoms. The SMILES string of the molecule is O=C1c2cccc3c2C(=O)c2c(cccc21)OCCCCCCN1CCNCCN(CCCCCCO3)CC1. The highest BCUT2D eigenvalue weighted by molar-refractivity contribution is 6.30. The van der Waals surface area contributed by atoms with Gasteiger partial charge in [-0.3, -0.25) is 9.59 Å². The van der Waals surface area contributed by atoms with Gasteiger partial charge in [0, 0.05) is 50.4 Å². The van der Waals surface area contributed by atoms with E-state index < -0.39 is 0 Å². The summed E-state index contributed by atoms with van der Waals surface area (Å²) in [5, 5.41) is 3.62. The zero-order valence-electron chi connectivity index (χ0n) is 23.2. The van der Waals surface area contributed by atoms with E-state index in [1.807, 2.05) is 12.1 Å². The van der Waals surface area contributed by atoms with Gasteiger partial charge in [-0.15, -0.1) is 0 Å². The fraction of sp³-hybridized carbons (Fsp3) is 0.562. The number of benzene rings is 2. The molecule has 7 heteroatoms. The second-order valence-electron chi connectivity index (χ2n) is 11.0. The number of nitrogens with one attached hydrogen (secondary N) is 1. The Morgan fingerprint density at radius 3 is 1.54 bits per heavy atom. The number of ketones is 2. The highest BCUT2D eigenvalue weighted by Crippen LogP contribution is 2.37. The first-order valence-corrected chi connectivity index (χ1v) is 15.0. The van der Waals surface area contributed by atoms with Crippen LogP contribution in [0.5, 0.6) is 11.5 Å². The van der Waals surface area contributed by atoms with Crippen LogP contribution < -0.4 is 14.8 Å². The molecule has 210 valence electrons. The fourth-order valence-corrected chi connectivity index (χ4v) is 5.92. The maximum Gasteiger partial charge on any atom is 0.201 e. The van der Waals surface area contributed by atoms with E-state index in [9.17, 15) is 9.59 Å². The van der Waals surface area contributed by atoms with Gasteiger partial charge in [0.05, 0.1) is 24.3 Å². The molecule has 0 spiro atoms. The molecule has 2 heterocycles. The highest BCUT2D eigenvalue weighted by Gasteiger charge is 2.34. The van der Waals surface area contributed by atoms with Gasteiger partial charge in [0.25, 0.3) is 0 Å². The maximum absolute atomic E-state index is 13.7. The maximum atomic E-state index is 13.7. The summed E-state index contributed by atoms with van der Waals surface area (Å²) < 4.78 is 12.2. The molecule has 2 aromatic rings. The second-order valence-corrected chi connectivity index (χ2v) is 11.0. The first kappa shape index (κ1) is 27.8. The van der Waals surface area contributed by atoms with E-state index in [2.05, 4.69) is 15.1 Å². The summed E-state index contributed by atoms with van der Waals surface area (Å²) in [5.41, 5.74) is 1.59. The molecule has 0 radical (unpaired) electrons. The lowest BCUT2D eigenvalue weighted by molar-refractivity contribution is 0.0972. The summed E-state index contributed by atoms with van der Waals surface area (Å²) in [4.78, 5) is 32.3. The zero-order valence-corrected chi connectivity index (χ0v) is 23.2. The first-order valence-electron chi connectivity index (χ1n) is 15.0. The number of carbonyl (C=O) groups excluding carboxylic acids is 2. The lowest BCUT2D eigenvalue weighted by atomic mass is 9.83. The number of ether oxygens (including phenoxy) is 2. The second kappa shape index (κ2) is 14.1. The summed E-state index contributed by atoms with van der Waals surface area (Å²) in [5.74, 6) is 0.677. The van der Waals surface area contributed by atoms with E-state index in [4.69, 9.17) is 9.47 Å². The van der Waals surface area contributed by atoms with Crippen molar-refractivity contribution in [1.29, 1.82) is 0 Å². The molecule has 5 rings (SSSR count). The van der Waals surface area contributed by atoms with Crippen molar-refractivity contribution >= 4 is 11.6 Å². The molecule has 1 aliphatic carbocycles. The summed E-state index contributed by atoms with van der Waals surface area (Å²) in [7, 11) is 0. The number of hydrogen-bond acceptors (Lipinski definition) is 7. The summed E-state index contributed by atoms with van der Waals surface area (Å²) in [6, 6.07) is 10.7. The van der Waals surface area contributed by atoms with Crippen molar-refractivity contribution in [2.75, 3.05) is 65.6 Å². The minimum absolute atomic E-state index is 0.140. The molecule has 2 aromatic carbocycles. The Labute approximate surface area is 232 Å². The van der Waals surface area contributed by atoms with Gasteiger partial charge in [-0.1, -0.05) is 49.9 Å². The van der Waals surface area contributed by atoms with E-state index in [0.29, 0.717) is 47.0 Å². The van der Waals surface area contributed by atoms with Gasteiger partial charge < -0.3 is 24.6 Å². The normalized spacial score (nSPS) is 24.0. The summed E-state index contributed by atoms with van der Waals surface area (Å²) in [6.45, 7) is 10.0. The molecule has 1 N–H and O–H groups in total. The average molecular weight is 534 g/mol. The lowest BCUT2D eigenvalue weighted by Gasteiger charge is -2.25. The van der Waals surface area contributed by atoms with Crippen LogP contribution in [0.2, 0.25) is 0 Å². The van der Waals surface area contributed by atoms with Gasteiger partial charge in [-0.05, 0) is 50.9 Å². The number of rotatable bonds is 0. The minimum Gasteiger partial charge on any atom is -0.493 e. The Morgan fingerprint density at radius 1 is 0.538 bits per heavy atom. The quantitative estimate of drug-likeness (QED) is 0.454. The Kier molecular flexibility index (Phi) is 10.0. The van der Waals surface area contributed by atoms with Gasteiger partial charge in [0.2, 0.25) is 5.78 Å². The average Bonchev–Trinajstić information content (AvgIpc) is 3.06. The van der Waals surface area contributed by atoms with Crippen LogP contribution in [-0.2, 0) is 0 Å². The monoisotopic (exact) mass is 533 g/mol. The van der Waals surface area contributed by atoms with Crippen LogP contribution >= 0.6 is 0 Å². The van der Waals surface area contributed by atoms with Gasteiger partial charge in [0.1, 0.15) is 11.5 Å². The predicted molar refractivity (Wildman–Crippen MR) is 153 cm³/mol. The van der Waals surface area contributed by atoms with E-state index in [-0.39, 0.29) is 11.6 Å². The minimum atomic E-state index is -0.180. The van der Waals surface area contributed by atoms with Crippen LogP contribution in [0.1, 0.15) is 83.2 Å². The van der Waals surface area contributed by atoms with Crippen LogP contribution in [0.25, 0.3) is 0 Å². The third-order valence-corrected chi connectivity index (χ3v) is 8.19. The zero-order chi connectivity index (χ0) is 26.9.